The number of rotatable bonds is 2. The minimum Gasteiger partial charge on any atom is -0.285 e. The van der Waals surface area contributed by atoms with Gasteiger partial charge in [-0.25, -0.2) is 0 Å². The third-order valence-corrected chi connectivity index (χ3v) is 3.09. The van der Waals surface area contributed by atoms with Gasteiger partial charge in [-0.1, -0.05) is 48.5 Å². The fourth-order valence-corrected chi connectivity index (χ4v) is 2.33. The quantitative estimate of drug-likeness (QED) is 0.573. The zero-order chi connectivity index (χ0) is 11.7. The van der Waals surface area contributed by atoms with Crippen LogP contribution in [0.15, 0.2) is 54.6 Å². The molecule has 0 bridgehead atoms. The van der Waals surface area contributed by atoms with Crippen LogP contribution in [0.4, 0.5) is 5.69 Å². The maximum Gasteiger partial charge on any atom is 0.0652 e. The highest BCUT2D eigenvalue weighted by Crippen LogP contribution is 2.30. The number of fused-ring (bicyclic) bond motifs is 3. The highest BCUT2D eigenvalue weighted by Gasteiger charge is 2.03. The highest BCUT2D eigenvalue weighted by atomic mass is 14.9. The minimum atomic E-state index is 0.825. The molecule has 0 amide bonds. The van der Waals surface area contributed by atoms with E-state index in [0.29, 0.717) is 0 Å². The Hall–Kier alpha value is -2.02. The van der Waals surface area contributed by atoms with Crippen LogP contribution in [0.5, 0.6) is 0 Å². The van der Waals surface area contributed by atoms with E-state index in [0.717, 1.165) is 12.2 Å². The van der Waals surface area contributed by atoms with Crippen LogP contribution in [-0.2, 0) is 0 Å². The van der Waals surface area contributed by atoms with Gasteiger partial charge in [-0.2, -0.15) is 0 Å². The van der Waals surface area contributed by atoms with E-state index in [-0.39, 0.29) is 0 Å². The zero-order valence-corrected chi connectivity index (χ0v) is 9.85. The van der Waals surface area contributed by atoms with Crippen LogP contribution in [0.3, 0.4) is 0 Å². The van der Waals surface area contributed by atoms with Crippen molar-refractivity contribution in [1.82, 2.24) is 5.32 Å². The third kappa shape index (κ3) is 1.64. The average molecular weight is 220 g/mol. The van der Waals surface area contributed by atoms with Gasteiger partial charge in [-0.15, -0.1) is 0 Å². The second-order valence-corrected chi connectivity index (χ2v) is 4.13. The Labute approximate surface area is 101 Å². The fourth-order valence-electron chi connectivity index (χ4n) is 2.33. The molecule has 0 saturated carbocycles. The molecule has 0 aromatic heterocycles. The van der Waals surface area contributed by atoms with E-state index in [1.165, 1.54) is 21.5 Å². The molecule has 0 aliphatic rings. The van der Waals surface area contributed by atoms with Gasteiger partial charge in [0.05, 0.1) is 5.69 Å². The lowest BCUT2D eigenvalue weighted by Crippen LogP contribution is -1.95. The van der Waals surface area contributed by atoms with Crippen LogP contribution in [0.2, 0.25) is 0 Å². The van der Waals surface area contributed by atoms with Crippen molar-refractivity contribution in [1.29, 1.82) is 0 Å². The van der Waals surface area contributed by atoms with Crippen molar-refractivity contribution < 1.29 is 0 Å². The summed E-state index contributed by atoms with van der Waals surface area (Å²) in [6.07, 6.45) is 0. The standard InChI is InChI=1S/C16H14N/c1-2-17-16-9-5-8-14-13-7-4-3-6-12(13)10-11-15(14)16/h3-11H,2H2,1H3. The van der Waals surface area contributed by atoms with Crippen LogP contribution in [0, 0.1) is 0 Å². The lowest BCUT2D eigenvalue weighted by Gasteiger charge is -2.08. The van der Waals surface area contributed by atoms with Gasteiger partial charge < -0.3 is 0 Å². The molecule has 0 atom stereocenters. The van der Waals surface area contributed by atoms with Gasteiger partial charge in [-0.05, 0) is 29.1 Å². The number of hydrogen-bond acceptors (Lipinski definition) is 0. The summed E-state index contributed by atoms with van der Waals surface area (Å²) in [4.78, 5) is 0. The minimum absolute atomic E-state index is 0.825. The molecule has 0 fully saturated rings. The van der Waals surface area contributed by atoms with Crippen LogP contribution in [0.1, 0.15) is 6.92 Å². The lowest BCUT2D eigenvalue weighted by atomic mass is 10.0. The van der Waals surface area contributed by atoms with Gasteiger partial charge in [0.2, 0.25) is 0 Å². The molecular weight excluding hydrogens is 206 g/mol. The highest BCUT2D eigenvalue weighted by molar-refractivity contribution is 6.10. The van der Waals surface area contributed by atoms with Crippen molar-refractivity contribution in [2.75, 3.05) is 6.54 Å². The first kappa shape index (κ1) is 10.2. The van der Waals surface area contributed by atoms with Crippen molar-refractivity contribution >= 4 is 27.2 Å². The van der Waals surface area contributed by atoms with E-state index >= 15 is 0 Å². The number of hydrogen-bond donors (Lipinski definition) is 0. The molecule has 0 aliphatic heterocycles. The molecule has 1 heteroatoms. The molecule has 83 valence electrons. The van der Waals surface area contributed by atoms with E-state index in [4.69, 9.17) is 0 Å². The zero-order valence-electron chi connectivity index (χ0n) is 9.85. The Morgan fingerprint density at radius 2 is 1.59 bits per heavy atom. The summed E-state index contributed by atoms with van der Waals surface area (Å²) in [6, 6.07) is 19.2. The predicted molar refractivity (Wildman–Crippen MR) is 73.8 cm³/mol. The van der Waals surface area contributed by atoms with E-state index in [9.17, 15) is 0 Å². The number of benzene rings is 3. The molecule has 3 aromatic rings. The molecule has 0 heterocycles. The van der Waals surface area contributed by atoms with Crippen molar-refractivity contribution in [2.45, 2.75) is 6.92 Å². The molecule has 0 aliphatic carbocycles. The summed E-state index contributed by atoms with van der Waals surface area (Å²) in [7, 11) is 0. The smallest absolute Gasteiger partial charge is 0.0652 e. The summed E-state index contributed by atoms with van der Waals surface area (Å²) in [5.74, 6) is 0. The van der Waals surface area contributed by atoms with E-state index < -0.39 is 0 Å². The summed E-state index contributed by atoms with van der Waals surface area (Å²) in [5.41, 5.74) is 1.09. The fraction of sp³-hybridized carbons (Fsp3) is 0.125. The molecular formula is C16H14N. The Balaban J connectivity index is 2.40. The van der Waals surface area contributed by atoms with Crippen LogP contribution < -0.4 is 5.32 Å². The van der Waals surface area contributed by atoms with Gasteiger partial charge in [0, 0.05) is 11.9 Å². The molecule has 0 spiro atoms. The molecule has 1 nitrogen and oxygen atoms in total. The second kappa shape index (κ2) is 4.10. The Morgan fingerprint density at radius 3 is 2.47 bits per heavy atom. The average Bonchev–Trinajstić information content (AvgIpc) is 2.39. The first-order valence-electron chi connectivity index (χ1n) is 5.98. The third-order valence-electron chi connectivity index (χ3n) is 3.09. The molecule has 17 heavy (non-hydrogen) atoms. The predicted octanol–water partition coefficient (Wildman–Crippen LogP) is 4.25. The summed E-state index contributed by atoms with van der Waals surface area (Å²) in [5, 5.41) is 9.66. The topological polar surface area (TPSA) is 14.1 Å². The van der Waals surface area contributed by atoms with Gasteiger partial charge in [0.25, 0.3) is 0 Å². The SMILES string of the molecule is CC[N]c1cccc2c1ccc1ccccc12. The van der Waals surface area contributed by atoms with E-state index in [2.05, 4.69) is 66.8 Å². The Morgan fingerprint density at radius 1 is 0.765 bits per heavy atom. The summed E-state index contributed by atoms with van der Waals surface area (Å²) < 4.78 is 0. The monoisotopic (exact) mass is 220 g/mol. The first-order valence-corrected chi connectivity index (χ1v) is 5.98. The lowest BCUT2D eigenvalue weighted by molar-refractivity contribution is 0.919. The normalized spacial score (nSPS) is 10.9. The summed E-state index contributed by atoms with van der Waals surface area (Å²) in [6.45, 7) is 2.89. The van der Waals surface area contributed by atoms with Crippen LogP contribution >= 0.6 is 0 Å². The second-order valence-electron chi connectivity index (χ2n) is 4.13. The van der Waals surface area contributed by atoms with Crippen molar-refractivity contribution in [2.24, 2.45) is 0 Å². The molecule has 1 radical (unpaired) electrons. The maximum atomic E-state index is 4.54. The van der Waals surface area contributed by atoms with Gasteiger partial charge in [-0.3, -0.25) is 5.32 Å². The van der Waals surface area contributed by atoms with Gasteiger partial charge in [0.1, 0.15) is 0 Å². The van der Waals surface area contributed by atoms with E-state index in [1.807, 2.05) is 0 Å². The number of nitrogens with zero attached hydrogens (tertiary/aromatic N) is 1. The summed E-state index contributed by atoms with van der Waals surface area (Å²) >= 11 is 0. The molecule has 0 saturated heterocycles. The van der Waals surface area contributed by atoms with Gasteiger partial charge in [0.15, 0.2) is 0 Å². The van der Waals surface area contributed by atoms with Crippen molar-refractivity contribution in [3.05, 3.63) is 54.6 Å². The first-order chi connectivity index (χ1) is 8.40. The molecule has 3 rings (SSSR count). The van der Waals surface area contributed by atoms with Crippen molar-refractivity contribution in [3.63, 3.8) is 0 Å². The Bertz CT molecular complexity index is 670. The molecule has 3 aromatic carbocycles. The molecule has 0 N–H and O–H groups in total. The maximum absolute atomic E-state index is 4.54. The van der Waals surface area contributed by atoms with Crippen molar-refractivity contribution in [3.8, 4) is 0 Å². The largest absolute Gasteiger partial charge is 0.285 e. The van der Waals surface area contributed by atoms with Gasteiger partial charge >= 0.3 is 0 Å². The van der Waals surface area contributed by atoms with E-state index in [1.54, 1.807) is 0 Å². The van der Waals surface area contributed by atoms with Crippen LogP contribution in [-0.4, -0.2) is 6.54 Å². The van der Waals surface area contributed by atoms with Crippen LogP contribution in [0.25, 0.3) is 21.5 Å². The Kier molecular flexibility index (Phi) is 2.45. The molecule has 0 unspecified atom stereocenters.